The number of aryl methyl sites for hydroxylation is 1. The summed E-state index contributed by atoms with van der Waals surface area (Å²) in [4.78, 5) is 13.8. The molecule has 0 aliphatic carbocycles. The van der Waals surface area contributed by atoms with Crippen LogP contribution in [0.3, 0.4) is 0 Å². The molecule has 0 atom stereocenters. The summed E-state index contributed by atoms with van der Waals surface area (Å²) >= 11 is 0. The first-order valence-electron chi connectivity index (χ1n) is 7.97. The molecule has 4 heteroatoms. The first kappa shape index (κ1) is 16.7. The number of rotatable bonds is 2. The summed E-state index contributed by atoms with van der Waals surface area (Å²) in [5.41, 5.74) is 1.99. The van der Waals surface area contributed by atoms with Gasteiger partial charge in [0.1, 0.15) is 17.5 Å². The molecule has 1 heterocycles. The molecule has 0 saturated carbocycles. The summed E-state index contributed by atoms with van der Waals surface area (Å²) in [5.74, 6) is 0.954. The minimum absolute atomic E-state index is 0.166. The summed E-state index contributed by atoms with van der Waals surface area (Å²) in [7, 11) is 0. The Balaban J connectivity index is 1.87. The largest absolute Gasteiger partial charge is 0.490 e. The van der Waals surface area contributed by atoms with E-state index in [0.29, 0.717) is 13.1 Å². The number of hydrogen-bond donors (Lipinski definition) is 0. The Kier molecular flexibility index (Phi) is 4.99. The second-order valence-corrected chi connectivity index (χ2v) is 6.98. The number of nitrogens with zero attached hydrogens (tertiary/aromatic N) is 1. The lowest BCUT2D eigenvalue weighted by molar-refractivity contribution is 0.0126. The van der Waals surface area contributed by atoms with Gasteiger partial charge in [0.2, 0.25) is 0 Å². The lowest BCUT2D eigenvalue weighted by Gasteiger charge is -2.33. The van der Waals surface area contributed by atoms with Gasteiger partial charge in [0, 0.05) is 25.9 Å². The van der Waals surface area contributed by atoms with Gasteiger partial charge in [0.15, 0.2) is 0 Å². The molecule has 122 valence electrons. The third-order valence-corrected chi connectivity index (χ3v) is 3.94. The summed E-state index contributed by atoms with van der Waals surface area (Å²) in [6.45, 7) is 11.2. The standard InChI is InChI=1S/C18H27NO3/c1-13-7-6-8-16(14(13)2)21-15-9-11-19(12-10-15)17(20)22-18(3,4)5/h6-8,15H,9-12H2,1-5H3. The van der Waals surface area contributed by atoms with Crippen LogP contribution in [0.5, 0.6) is 5.75 Å². The van der Waals surface area contributed by atoms with Crippen molar-refractivity contribution in [3.63, 3.8) is 0 Å². The normalized spacial score (nSPS) is 16.5. The van der Waals surface area contributed by atoms with E-state index in [4.69, 9.17) is 9.47 Å². The van der Waals surface area contributed by atoms with E-state index < -0.39 is 5.60 Å². The van der Waals surface area contributed by atoms with E-state index >= 15 is 0 Å². The fourth-order valence-corrected chi connectivity index (χ4v) is 2.51. The monoisotopic (exact) mass is 305 g/mol. The van der Waals surface area contributed by atoms with Crippen LogP contribution in [-0.2, 0) is 4.74 Å². The number of carbonyl (C=O) groups is 1. The van der Waals surface area contributed by atoms with Crippen molar-refractivity contribution >= 4 is 6.09 Å². The van der Waals surface area contributed by atoms with Gasteiger partial charge < -0.3 is 14.4 Å². The maximum Gasteiger partial charge on any atom is 0.410 e. The Morgan fingerprint density at radius 3 is 2.41 bits per heavy atom. The molecule has 0 radical (unpaired) electrons. The Morgan fingerprint density at radius 2 is 1.82 bits per heavy atom. The van der Waals surface area contributed by atoms with Gasteiger partial charge in [0.25, 0.3) is 0 Å². The van der Waals surface area contributed by atoms with Crippen molar-refractivity contribution < 1.29 is 14.3 Å². The summed E-state index contributed by atoms with van der Waals surface area (Å²) in [6.07, 6.45) is 1.62. The molecule has 1 amide bonds. The highest BCUT2D eigenvalue weighted by molar-refractivity contribution is 5.68. The lowest BCUT2D eigenvalue weighted by Crippen LogP contribution is -2.44. The Hall–Kier alpha value is -1.71. The topological polar surface area (TPSA) is 38.8 Å². The number of carbonyl (C=O) groups excluding carboxylic acids is 1. The van der Waals surface area contributed by atoms with Crippen molar-refractivity contribution in [3.05, 3.63) is 29.3 Å². The zero-order chi connectivity index (χ0) is 16.3. The molecule has 22 heavy (non-hydrogen) atoms. The maximum atomic E-state index is 12.0. The van der Waals surface area contributed by atoms with Gasteiger partial charge in [-0.1, -0.05) is 12.1 Å². The van der Waals surface area contributed by atoms with Gasteiger partial charge in [-0.15, -0.1) is 0 Å². The SMILES string of the molecule is Cc1cccc(OC2CCN(C(=O)OC(C)(C)C)CC2)c1C. The van der Waals surface area contributed by atoms with E-state index in [1.54, 1.807) is 4.90 Å². The van der Waals surface area contributed by atoms with E-state index in [0.717, 1.165) is 18.6 Å². The zero-order valence-electron chi connectivity index (χ0n) is 14.3. The van der Waals surface area contributed by atoms with Crippen LogP contribution in [-0.4, -0.2) is 35.8 Å². The molecule has 0 aromatic heterocycles. The summed E-state index contributed by atoms with van der Waals surface area (Å²) in [6, 6.07) is 6.13. The quantitative estimate of drug-likeness (QED) is 0.826. The molecule has 1 aromatic rings. The van der Waals surface area contributed by atoms with Crippen LogP contribution in [0, 0.1) is 13.8 Å². The van der Waals surface area contributed by atoms with E-state index in [2.05, 4.69) is 19.9 Å². The molecular weight excluding hydrogens is 278 g/mol. The van der Waals surface area contributed by atoms with Gasteiger partial charge in [-0.2, -0.15) is 0 Å². The molecule has 1 fully saturated rings. The molecule has 0 unspecified atom stereocenters. The van der Waals surface area contributed by atoms with Gasteiger partial charge in [-0.25, -0.2) is 4.79 Å². The first-order chi connectivity index (χ1) is 10.3. The van der Waals surface area contributed by atoms with Crippen molar-refractivity contribution in [2.24, 2.45) is 0 Å². The third-order valence-electron chi connectivity index (χ3n) is 3.94. The number of hydrogen-bond acceptors (Lipinski definition) is 3. The molecular formula is C18H27NO3. The molecule has 1 aliphatic heterocycles. The van der Waals surface area contributed by atoms with E-state index in [9.17, 15) is 4.79 Å². The summed E-state index contributed by atoms with van der Waals surface area (Å²) in [5, 5.41) is 0. The number of amides is 1. The highest BCUT2D eigenvalue weighted by Crippen LogP contribution is 2.25. The zero-order valence-corrected chi connectivity index (χ0v) is 14.3. The fraction of sp³-hybridized carbons (Fsp3) is 0.611. The van der Waals surface area contributed by atoms with Gasteiger partial charge >= 0.3 is 6.09 Å². The Labute approximate surface area is 133 Å². The smallest absolute Gasteiger partial charge is 0.410 e. The average molecular weight is 305 g/mol. The molecule has 1 saturated heterocycles. The second kappa shape index (κ2) is 6.59. The number of ether oxygens (including phenoxy) is 2. The van der Waals surface area contributed by atoms with Crippen LogP contribution in [0.4, 0.5) is 4.79 Å². The van der Waals surface area contributed by atoms with E-state index in [1.165, 1.54) is 11.1 Å². The van der Waals surface area contributed by atoms with Crippen LogP contribution < -0.4 is 4.74 Å². The number of benzene rings is 1. The number of likely N-dealkylation sites (tertiary alicyclic amines) is 1. The van der Waals surface area contributed by atoms with Gasteiger partial charge in [-0.3, -0.25) is 0 Å². The average Bonchev–Trinajstić information content (AvgIpc) is 2.43. The predicted octanol–water partition coefficient (Wildman–Crippen LogP) is 4.08. The summed E-state index contributed by atoms with van der Waals surface area (Å²) < 4.78 is 11.5. The highest BCUT2D eigenvalue weighted by atomic mass is 16.6. The minimum atomic E-state index is -0.441. The van der Waals surface area contributed by atoms with Crippen molar-refractivity contribution in [1.82, 2.24) is 4.90 Å². The maximum absolute atomic E-state index is 12.0. The number of piperidine rings is 1. The van der Waals surface area contributed by atoms with Crippen LogP contribution in [0.1, 0.15) is 44.7 Å². The second-order valence-electron chi connectivity index (χ2n) is 6.98. The highest BCUT2D eigenvalue weighted by Gasteiger charge is 2.27. The van der Waals surface area contributed by atoms with Crippen molar-refractivity contribution in [3.8, 4) is 5.75 Å². The van der Waals surface area contributed by atoms with Gasteiger partial charge in [-0.05, 0) is 51.8 Å². The van der Waals surface area contributed by atoms with Gasteiger partial charge in [0.05, 0.1) is 0 Å². The van der Waals surface area contributed by atoms with E-state index in [1.807, 2.05) is 32.9 Å². The van der Waals surface area contributed by atoms with Crippen LogP contribution >= 0.6 is 0 Å². The predicted molar refractivity (Wildman–Crippen MR) is 87.4 cm³/mol. The molecule has 0 spiro atoms. The Morgan fingerprint density at radius 1 is 1.18 bits per heavy atom. The molecule has 2 rings (SSSR count). The fourth-order valence-electron chi connectivity index (χ4n) is 2.51. The Bertz CT molecular complexity index is 526. The molecule has 4 nitrogen and oxygen atoms in total. The van der Waals surface area contributed by atoms with Crippen molar-refractivity contribution in [2.75, 3.05) is 13.1 Å². The minimum Gasteiger partial charge on any atom is -0.490 e. The van der Waals surface area contributed by atoms with Crippen LogP contribution in [0.25, 0.3) is 0 Å². The van der Waals surface area contributed by atoms with Crippen LogP contribution in [0.2, 0.25) is 0 Å². The van der Waals surface area contributed by atoms with Crippen molar-refractivity contribution in [2.45, 2.75) is 59.2 Å². The molecule has 1 aromatic carbocycles. The lowest BCUT2D eigenvalue weighted by atomic mass is 10.1. The molecule has 0 bridgehead atoms. The first-order valence-corrected chi connectivity index (χ1v) is 7.97. The van der Waals surface area contributed by atoms with Crippen LogP contribution in [0.15, 0.2) is 18.2 Å². The molecule has 1 aliphatic rings. The molecule has 0 N–H and O–H groups in total. The van der Waals surface area contributed by atoms with Crippen molar-refractivity contribution in [1.29, 1.82) is 0 Å². The van der Waals surface area contributed by atoms with E-state index in [-0.39, 0.29) is 12.2 Å². The third kappa shape index (κ3) is 4.39.